The van der Waals surface area contributed by atoms with E-state index >= 15 is 0 Å². The van der Waals surface area contributed by atoms with Gasteiger partial charge in [0.15, 0.2) is 0 Å². The van der Waals surface area contributed by atoms with E-state index in [4.69, 9.17) is 16.3 Å². The Morgan fingerprint density at radius 2 is 2.13 bits per heavy atom. The molecule has 1 amide bonds. The van der Waals surface area contributed by atoms with Crippen molar-refractivity contribution in [2.75, 3.05) is 32.1 Å². The minimum atomic E-state index is -0.121. The van der Waals surface area contributed by atoms with E-state index in [1.54, 1.807) is 25.3 Å². The molecule has 5 nitrogen and oxygen atoms in total. The summed E-state index contributed by atoms with van der Waals surface area (Å²) in [5.74, 6) is 0.457. The van der Waals surface area contributed by atoms with Crippen LogP contribution in [0.2, 0.25) is 5.02 Å². The fourth-order valence-corrected chi connectivity index (χ4v) is 3.29. The predicted molar refractivity (Wildman–Crippen MR) is 92.2 cm³/mol. The third-order valence-electron chi connectivity index (χ3n) is 4.26. The van der Waals surface area contributed by atoms with Gasteiger partial charge in [0.05, 0.1) is 25.9 Å². The van der Waals surface area contributed by atoms with Crippen LogP contribution in [0.1, 0.15) is 32.1 Å². The number of hydrogen-bond donors (Lipinski definition) is 2. The number of ether oxygens (including phenoxy) is 1. The van der Waals surface area contributed by atoms with Crippen LogP contribution in [-0.4, -0.2) is 48.8 Å². The zero-order valence-electron chi connectivity index (χ0n) is 13.6. The third kappa shape index (κ3) is 5.37. The number of nitrogens with one attached hydrogen (secondary N) is 1. The van der Waals surface area contributed by atoms with Crippen LogP contribution in [0, 0.1) is 0 Å². The van der Waals surface area contributed by atoms with Gasteiger partial charge < -0.3 is 15.2 Å². The van der Waals surface area contributed by atoms with Crippen molar-refractivity contribution < 1.29 is 14.6 Å². The van der Waals surface area contributed by atoms with Crippen molar-refractivity contribution in [3.8, 4) is 5.75 Å². The molecule has 1 fully saturated rings. The number of aliphatic hydroxyl groups excluding tert-OH is 1. The molecule has 2 N–H and O–H groups in total. The maximum absolute atomic E-state index is 12.4. The zero-order chi connectivity index (χ0) is 16.7. The third-order valence-corrected chi connectivity index (χ3v) is 4.50. The molecule has 0 bridgehead atoms. The van der Waals surface area contributed by atoms with E-state index in [0.717, 1.165) is 12.8 Å². The molecule has 0 spiro atoms. The van der Waals surface area contributed by atoms with Crippen molar-refractivity contribution in [1.29, 1.82) is 0 Å². The van der Waals surface area contributed by atoms with Crippen LogP contribution in [0.15, 0.2) is 18.2 Å². The molecular formula is C17H25ClN2O3. The van der Waals surface area contributed by atoms with Crippen molar-refractivity contribution in [3.63, 3.8) is 0 Å². The highest BCUT2D eigenvalue weighted by Gasteiger charge is 2.23. The van der Waals surface area contributed by atoms with Crippen molar-refractivity contribution in [2.24, 2.45) is 0 Å². The first kappa shape index (κ1) is 18.0. The molecule has 0 radical (unpaired) electrons. The lowest BCUT2D eigenvalue weighted by atomic mass is 9.94. The van der Waals surface area contributed by atoms with E-state index < -0.39 is 0 Å². The Morgan fingerprint density at radius 1 is 1.39 bits per heavy atom. The summed E-state index contributed by atoms with van der Waals surface area (Å²) in [6.07, 6.45) is 5.82. The number of rotatable bonds is 7. The van der Waals surface area contributed by atoms with Gasteiger partial charge in [-0.3, -0.25) is 9.69 Å². The van der Waals surface area contributed by atoms with Gasteiger partial charge in [0.2, 0.25) is 5.91 Å². The molecular weight excluding hydrogens is 316 g/mol. The molecule has 0 unspecified atom stereocenters. The lowest BCUT2D eigenvalue weighted by Crippen LogP contribution is -2.43. The quantitative estimate of drug-likeness (QED) is 0.801. The maximum Gasteiger partial charge on any atom is 0.238 e. The minimum Gasteiger partial charge on any atom is -0.495 e. The molecule has 1 aliphatic rings. The van der Waals surface area contributed by atoms with E-state index in [9.17, 15) is 9.90 Å². The smallest absolute Gasteiger partial charge is 0.238 e. The van der Waals surface area contributed by atoms with E-state index in [1.165, 1.54) is 19.3 Å². The average molecular weight is 341 g/mol. The lowest BCUT2D eigenvalue weighted by molar-refractivity contribution is -0.118. The second kappa shape index (κ2) is 9.11. The first-order valence-electron chi connectivity index (χ1n) is 8.12. The van der Waals surface area contributed by atoms with Gasteiger partial charge in [-0.15, -0.1) is 0 Å². The summed E-state index contributed by atoms with van der Waals surface area (Å²) >= 11 is 5.98. The summed E-state index contributed by atoms with van der Waals surface area (Å²) < 4.78 is 5.24. The second-order valence-corrected chi connectivity index (χ2v) is 6.32. The van der Waals surface area contributed by atoms with Crippen molar-refractivity contribution in [1.82, 2.24) is 4.90 Å². The van der Waals surface area contributed by atoms with Crippen molar-refractivity contribution in [2.45, 2.75) is 38.1 Å². The fourth-order valence-electron chi connectivity index (χ4n) is 3.12. The summed E-state index contributed by atoms with van der Waals surface area (Å²) in [5.41, 5.74) is 0.567. The molecule has 0 saturated heterocycles. The van der Waals surface area contributed by atoms with Crippen LogP contribution in [-0.2, 0) is 4.79 Å². The molecule has 6 heteroatoms. The topological polar surface area (TPSA) is 61.8 Å². The maximum atomic E-state index is 12.4. The molecule has 0 aliphatic heterocycles. The van der Waals surface area contributed by atoms with Gasteiger partial charge >= 0.3 is 0 Å². The fraction of sp³-hybridized carbons (Fsp3) is 0.588. The number of methoxy groups -OCH3 is 1. The van der Waals surface area contributed by atoms with Gasteiger partial charge in [0.1, 0.15) is 5.75 Å². The number of anilines is 1. The van der Waals surface area contributed by atoms with E-state index in [-0.39, 0.29) is 19.1 Å². The summed E-state index contributed by atoms with van der Waals surface area (Å²) in [5, 5.41) is 12.7. The SMILES string of the molecule is COc1ccc(Cl)cc1NC(=O)CN(CCO)C1CCCCC1. The predicted octanol–water partition coefficient (Wildman–Crippen LogP) is 2.91. The number of carbonyl (C=O) groups is 1. The molecule has 2 rings (SSSR count). The van der Waals surface area contributed by atoms with Crippen LogP contribution in [0.5, 0.6) is 5.75 Å². The summed E-state index contributed by atoms with van der Waals surface area (Å²) in [4.78, 5) is 14.5. The summed E-state index contributed by atoms with van der Waals surface area (Å²) in [6.45, 7) is 0.843. The van der Waals surface area contributed by atoms with Gasteiger partial charge in [-0.2, -0.15) is 0 Å². The number of carbonyl (C=O) groups excluding carboxylic acids is 1. The van der Waals surface area contributed by atoms with Gasteiger partial charge in [-0.05, 0) is 31.0 Å². The monoisotopic (exact) mass is 340 g/mol. The lowest BCUT2D eigenvalue weighted by Gasteiger charge is -2.33. The van der Waals surface area contributed by atoms with E-state index in [0.29, 0.717) is 29.0 Å². The van der Waals surface area contributed by atoms with Crippen molar-refractivity contribution >= 4 is 23.2 Å². The molecule has 128 valence electrons. The zero-order valence-corrected chi connectivity index (χ0v) is 14.3. The van der Waals surface area contributed by atoms with Crippen LogP contribution < -0.4 is 10.1 Å². The van der Waals surface area contributed by atoms with Gasteiger partial charge in [0, 0.05) is 17.6 Å². The Labute approximate surface area is 142 Å². The number of benzene rings is 1. The molecule has 1 saturated carbocycles. The first-order chi connectivity index (χ1) is 11.1. The second-order valence-electron chi connectivity index (χ2n) is 5.88. The largest absolute Gasteiger partial charge is 0.495 e. The van der Waals surface area contributed by atoms with Gasteiger partial charge in [-0.25, -0.2) is 0 Å². The Morgan fingerprint density at radius 3 is 2.78 bits per heavy atom. The number of hydrogen-bond acceptors (Lipinski definition) is 4. The van der Waals surface area contributed by atoms with Crippen LogP contribution in [0.3, 0.4) is 0 Å². The Kier molecular flexibility index (Phi) is 7.15. The number of aliphatic hydroxyl groups is 1. The summed E-state index contributed by atoms with van der Waals surface area (Å²) in [7, 11) is 1.55. The normalized spacial score (nSPS) is 15.7. The molecule has 23 heavy (non-hydrogen) atoms. The van der Waals surface area contributed by atoms with Crippen LogP contribution in [0.25, 0.3) is 0 Å². The Hall–Kier alpha value is -1.30. The molecule has 0 atom stereocenters. The van der Waals surface area contributed by atoms with Gasteiger partial charge in [-0.1, -0.05) is 30.9 Å². The van der Waals surface area contributed by atoms with E-state index in [1.807, 2.05) is 0 Å². The van der Waals surface area contributed by atoms with Crippen LogP contribution in [0.4, 0.5) is 5.69 Å². The minimum absolute atomic E-state index is 0.0598. The molecule has 1 aliphatic carbocycles. The molecule has 1 aromatic carbocycles. The highest BCUT2D eigenvalue weighted by molar-refractivity contribution is 6.31. The molecule has 0 heterocycles. The Bertz CT molecular complexity index is 519. The molecule has 1 aromatic rings. The first-order valence-corrected chi connectivity index (χ1v) is 8.50. The number of nitrogens with zero attached hydrogens (tertiary/aromatic N) is 1. The number of amides is 1. The highest BCUT2D eigenvalue weighted by atomic mass is 35.5. The summed E-state index contributed by atoms with van der Waals surface area (Å²) in [6, 6.07) is 5.50. The highest BCUT2D eigenvalue weighted by Crippen LogP contribution is 2.28. The van der Waals surface area contributed by atoms with Crippen LogP contribution >= 0.6 is 11.6 Å². The Balaban J connectivity index is 1.99. The number of halogens is 1. The average Bonchev–Trinajstić information content (AvgIpc) is 2.55. The van der Waals surface area contributed by atoms with Gasteiger partial charge in [0.25, 0.3) is 0 Å². The molecule has 0 aromatic heterocycles. The van der Waals surface area contributed by atoms with E-state index in [2.05, 4.69) is 10.2 Å². The standard InChI is InChI=1S/C17H25ClN2O3/c1-23-16-8-7-13(18)11-15(16)19-17(22)12-20(9-10-21)14-5-3-2-4-6-14/h7-8,11,14,21H,2-6,9-10,12H2,1H3,(H,19,22). The van der Waals surface area contributed by atoms with Crippen molar-refractivity contribution in [3.05, 3.63) is 23.2 Å².